The summed E-state index contributed by atoms with van der Waals surface area (Å²) in [7, 11) is 0. The van der Waals surface area contributed by atoms with E-state index in [1.54, 1.807) is 12.1 Å². The molecule has 1 rings (SSSR count). The minimum absolute atomic E-state index is 0.316. The molecule has 20 heavy (non-hydrogen) atoms. The first-order valence-electron chi connectivity index (χ1n) is 6.94. The van der Waals surface area contributed by atoms with Crippen LogP contribution < -0.4 is 5.32 Å². The lowest BCUT2D eigenvalue weighted by atomic mass is 10.0. The highest BCUT2D eigenvalue weighted by atomic mass is 32.2. The van der Waals surface area contributed by atoms with Crippen molar-refractivity contribution in [3.63, 3.8) is 0 Å². The third kappa shape index (κ3) is 6.18. The second kappa shape index (κ2) is 8.57. The average molecular weight is 305 g/mol. The molecule has 1 unspecified atom stereocenters. The van der Waals surface area contributed by atoms with Crippen LogP contribution in [0.15, 0.2) is 24.3 Å². The Kier molecular flexibility index (Phi) is 7.45. The fourth-order valence-corrected chi connectivity index (χ4v) is 2.67. The van der Waals surface area contributed by atoms with Gasteiger partial charge in [0.25, 0.3) is 0 Å². The molecule has 0 radical (unpaired) electrons. The minimum Gasteiger partial charge on any atom is -0.313 e. The zero-order valence-electron chi connectivity index (χ0n) is 12.0. The molecule has 0 saturated heterocycles. The van der Waals surface area contributed by atoms with Crippen molar-refractivity contribution in [3.8, 4) is 0 Å². The van der Waals surface area contributed by atoms with Gasteiger partial charge in [-0.2, -0.15) is 24.9 Å². The number of thioether (sulfide) groups is 1. The molecule has 1 atom stereocenters. The number of hydrogen-bond donors (Lipinski definition) is 1. The Labute approximate surface area is 123 Å². The molecule has 0 aromatic heterocycles. The van der Waals surface area contributed by atoms with Crippen molar-refractivity contribution in [3.05, 3.63) is 35.4 Å². The summed E-state index contributed by atoms with van der Waals surface area (Å²) < 4.78 is 37.5. The van der Waals surface area contributed by atoms with Gasteiger partial charge in [-0.25, -0.2) is 0 Å². The van der Waals surface area contributed by atoms with Gasteiger partial charge in [-0.15, -0.1) is 0 Å². The molecule has 114 valence electrons. The summed E-state index contributed by atoms with van der Waals surface area (Å²) in [5, 5.41) is 3.45. The first kappa shape index (κ1) is 17.4. The smallest absolute Gasteiger partial charge is 0.313 e. The molecule has 0 fully saturated rings. The van der Waals surface area contributed by atoms with Gasteiger partial charge in [0.2, 0.25) is 0 Å². The van der Waals surface area contributed by atoms with E-state index in [0.29, 0.717) is 6.04 Å². The Morgan fingerprint density at radius 1 is 1.15 bits per heavy atom. The normalized spacial score (nSPS) is 13.4. The molecule has 0 saturated carbocycles. The standard InChI is InChI=1S/C15H22F3NS/c1-3-9-19-14(11-20-4-2)10-12-5-7-13(8-6-12)15(16,17)18/h5-8,14,19H,3-4,9-11H2,1-2H3. The zero-order valence-corrected chi connectivity index (χ0v) is 12.8. The molecule has 0 bridgehead atoms. The summed E-state index contributed by atoms with van der Waals surface area (Å²) in [5.74, 6) is 2.04. The molecule has 5 heteroatoms. The number of rotatable bonds is 8. The molecule has 0 heterocycles. The largest absolute Gasteiger partial charge is 0.416 e. The lowest BCUT2D eigenvalue weighted by molar-refractivity contribution is -0.137. The number of halogens is 3. The minimum atomic E-state index is -4.25. The zero-order chi connectivity index (χ0) is 15.0. The summed E-state index contributed by atoms with van der Waals surface area (Å²) in [6.45, 7) is 5.16. The van der Waals surface area contributed by atoms with Crippen LogP contribution in [0.3, 0.4) is 0 Å². The monoisotopic (exact) mass is 305 g/mol. The second-order valence-electron chi connectivity index (χ2n) is 4.71. The predicted molar refractivity (Wildman–Crippen MR) is 80.2 cm³/mol. The average Bonchev–Trinajstić information content (AvgIpc) is 2.41. The number of benzene rings is 1. The molecule has 0 amide bonds. The van der Waals surface area contributed by atoms with Gasteiger partial charge < -0.3 is 5.32 Å². The Bertz CT molecular complexity index is 368. The predicted octanol–water partition coefficient (Wildman–Crippen LogP) is 4.37. The lowest BCUT2D eigenvalue weighted by Gasteiger charge is -2.18. The van der Waals surface area contributed by atoms with Gasteiger partial charge in [-0.1, -0.05) is 26.0 Å². The highest BCUT2D eigenvalue weighted by Crippen LogP contribution is 2.29. The van der Waals surface area contributed by atoms with Gasteiger partial charge in [0.1, 0.15) is 0 Å². The molecule has 0 spiro atoms. The van der Waals surface area contributed by atoms with Gasteiger partial charge in [-0.05, 0) is 42.8 Å². The van der Waals surface area contributed by atoms with Gasteiger partial charge in [0, 0.05) is 11.8 Å². The van der Waals surface area contributed by atoms with Crippen LogP contribution in [0.2, 0.25) is 0 Å². The van der Waals surface area contributed by atoms with E-state index in [4.69, 9.17) is 0 Å². The molecular weight excluding hydrogens is 283 g/mol. The van der Waals surface area contributed by atoms with Crippen LogP contribution >= 0.6 is 11.8 Å². The molecule has 0 aliphatic heterocycles. The van der Waals surface area contributed by atoms with Crippen LogP contribution in [0, 0.1) is 0 Å². The molecule has 1 aromatic carbocycles. The van der Waals surface area contributed by atoms with E-state index < -0.39 is 11.7 Å². The lowest BCUT2D eigenvalue weighted by Crippen LogP contribution is -2.34. The maximum absolute atomic E-state index is 12.5. The van der Waals surface area contributed by atoms with E-state index in [2.05, 4.69) is 19.2 Å². The van der Waals surface area contributed by atoms with Crippen molar-refractivity contribution < 1.29 is 13.2 Å². The maximum Gasteiger partial charge on any atom is 0.416 e. The highest BCUT2D eigenvalue weighted by molar-refractivity contribution is 7.99. The Morgan fingerprint density at radius 2 is 1.80 bits per heavy atom. The highest BCUT2D eigenvalue weighted by Gasteiger charge is 2.29. The summed E-state index contributed by atoms with van der Waals surface area (Å²) >= 11 is 1.85. The van der Waals surface area contributed by atoms with E-state index in [1.165, 1.54) is 12.1 Å². The molecule has 0 aliphatic rings. The second-order valence-corrected chi connectivity index (χ2v) is 6.03. The van der Waals surface area contributed by atoms with Crippen molar-refractivity contribution in [1.82, 2.24) is 5.32 Å². The molecule has 0 aliphatic carbocycles. The van der Waals surface area contributed by atoms with Crippen molar-refractivity contribution in [1.29, 1.82) is 0 Å². The van der Waals surface area contributed by atoms with Gasteiger partial charge in [0.15, 0.2) is 0 Å². The van der Waals surface area contributed by atoms with E-state index in [-0.39, 0.29) is 0 Å². The SMILES string of the molecule is CCCNC(CSCC)Cc1ccc(C(F)(F)F)cc1. The summed E-state index contributed by atoms with van der Waals surface area (Å²) in [5.41, 5.74) is 0.366. The van der Waals surface area contributed by atoms with Crippen LogP contribution in [0.1, 0.15) is 31.4 Å². The first-order valence-corrected chi connectivity index (χ1v) is 8.10. The van der Waals surface area contributed by atoms with Gasteiger partial charge >= 0.3 is 6.18 Å². The van der Waals surface area contributed by atoms with Crippen LogP contribution in [-0.4, -0.2) is 24.1 Å². The fraction of sp³-hybridized carbons (Fsp3) is 0.600. The van der Waals surface area contributed by atoms with Crippen LogP contribution in [0.5, 0.6) is 0 Å². The van der Waals surface area contributed by atoms with Crippen molar-refractivity contribution in [2.75, 3.05) is 18.1 Å². The first-order chi connectivity index (χ1) is 9.47. The fourth-order valence-electron chi connectivity index (χ4n) is 1.91. The molecular formula is C15H22F3NS. The van der Waals surface area contributed by atoms with Crippen LogP contribution in [0.25, 0.3) is 0 Å². The summed E-state index contributed by atoms with van der Waals surface area (Å²) in [6.07, 6.45) is -2.43. The van der Waals surface area contributed by atoms with Gasteiger partial charge in [-0.3, -0.25) is 0 Å². The van der Waals surface area contributed by atoms with Gasteiger partial charge in [0.05, 0.1) is 5.56 Å². The van der Waals surface area contributed by atoms with Crippen LogP contribution in [0.4, 0.5) is 13.2 Å². The Balaban J connectivity index is 2.62. The van der Waals surface area contributed by atoms with Crippen molar-refractivity contribution in [2.45, 2.75) is 38.9 Å². The number of nitrogens with one attached hydrogen (secondary N) is 1. The van der Waals surface area contributed by atoms with Crippen molar-refractivity contribution >= 4 is 11.8 Å². The number of alkyl halides is 3. The Morgan fingerprint density at radius 3 is 2.30 bits per heavy atom. The third-order valence-corrected chi connectivity index (χ3v) is 4.02. The maximum atomic E-state index is 12.5. The van der Waals surface area contributed by atoms with Crippen molar-refractivity contribution in [2.24, 2.45) is 0 Å². The third-order valence-electron chi connectivity index (χ3n) is 2.97. The number of hydrogen-bond acceptors (Lipinski definition) is 2. The van der Waals surface area contributed by atoms with E-state index in [0.717, 1.165) is 36.5 Å². The van der Waals surface area contributed by atoms with E-state index in [1.807, 2.05) is 11.8 Å². The molecule has 1 N–H and O–H groups in total. The topological polar surface area (TPSA) is 12.0 Å². The quantitative estimate of drug-likeness (QED) is 0.765. The van der Waals surface area contributed by atoms with Crippen LogP contribution in [-0.2, 0) is 12.6 Å². The Hall–Kier alpha value is -0.680. The molecule has 1 nitrogen and oxygen atoms in total. The van der Waals surface area contributed by atoms with E-state index >= 15 is 0 Å². The summed E-state index contributed by atoms with van der Waals surface area (Å²) in [6, 6.07) is 5.81. The molecule has 1 aromatic rings. The van der Waals surface area contributed by atoms with E-state index in [9.17, 15) is 13.2 Å². The summed E-state index contributed by atoms with van der Waals surface area (Å²) in [4.78, 5) is 0.